The van der Waals surface area contributed by atoms with Crippen molar-refractivity contribution in [3.63, 3.8) is 0 Å². The predicted octanol–water partition coefficient (Wildman–Crippen LogP) is 1.10. The van der Waals surface area contributed by atoms with Crippen molar-refractivity contribution in [3.05, 3.63) is 28.1 Å². The van der Waals surface area contributed by atoms with E-state index in [1.165, 1.54) is 0 Å². The molecule has 16 heavy (non-hydrogen) atoms. The molecule has 0 amide bonds. The van der Waals surface area contributed by atoms with Gasteiger partial charge in [-0.05, 0) is 13.0 Å². The Hall–Kier alpha value is -0.800. The molecule has 1 atom stereocenters. The highest BCUT2D eigenvalue weighted by Gasteiger charge is 2.14. The summed E-state index contributed by atoms with van der Waals surface area (Å²) in [5.41, 5.74) is 5.78. The van der Waals surface area contributed by atoms with Crippen LogP contribution in [0.5, 0.6) is 0 Å². The lowest BCUT2D eigenvalue weighted by Gasteiger charge is -2.05. The molecule has 2 rings (SSSR count). The minimum absolute atomic E-state index is 0. The lowest BCUT2D eigenvalue weighted by molar-refractivity contribution is 0.668. The minimum Gasteiger partial charge on any atom is -0.322 e. The largest absolute Gasteiger partial charge is 0.322 e. The van der Waals surface area contributed by atoms with Gasteiger partial charge in [0.1, 0.15) is 0 Å². The Balaban J connectivity index is 0.00000128. The molecule has 0 saturated carbocycles. The zero-order valence-electron chi connectivity index (χ0n) is 8.41. The van der Waals surface area contributed by atoms with Gasteiger partial charge in [-0.3, -0.25) is 0 Å². The lowest BCUT2D eigenvalue weighted by Crippen LogP contribution is -2.14. The molecule has 0 aliphatic heterocycles. The third kappa shape index (κ3) is 2.66. The van der Waals surface area contributed by atoms with Crippen molar-refractivity contribution in [2.45, 2.75) is 13.0 Å². The standard InChI is InChI=1S/C8H9IN6.ClH/c1-5(10)6-13-7(9)14-15(6)8-11-3-2-4-12-8;/h2-5H,10H2,1H3;1H/t5-;/m1./s1. The maximum absolute atomic E-state index is 5.78. The summed E-state index contributed by atoms with van der Waals surface area (Å²) >= 11 is 2.03. The Morgan fingerprint density at radius 1 is 1.38 bits per heavy atom. The Morgan fingerprint density at radius 3 is 2.56 bits per heavy atom. The van der Waals surface area contributed by atoms with E-state index in [0.29, 0.717) is 15.6 Å². The van der Waals surface area contributed by atoms with Crippen LogP contribution in [-0.4, -0.2) is 24.7 Å². The Bertz CT molecular complexity index is 457. The molecule has 0 aromatic carbocycles. The van der Waals surface area contributed by atoms with Gasteiger partial charge in [-0.1, -0.05) is 0 Å². The van der Waals surface area contributed by atoms with Crippen molar-refractivity contribution in [2.24, 2.45) is 5.73 Å². The third-order valence-corrected chi connectivity index (χ3v) is 2.21. The van der Waals surface area contributed by atoms with E-state index >= 15 is 0 Å². The maximum atomic E-state index is 5.78. The molecule has 2 heterocycles. The first kappa shape index (κ1) is 13.3. The van der Waals surface area contributed by atoms with E-state index < -0.39 is 0 Å². The van der Waals surface area contributed by atoms with Crippen molar-refractivity contribution < 1.29 is 0 Å². The molecule has 2 aromatic rings. The molecular formula is C8H10ClIN6. The summed E-state index contributed by atoms with van der Waals surface area (Å²) in [5.74, 6) is 1.14. The monoisotopic (exact) mass is 352 g/mol. The highest BCUT2D eigenvalue weighted by molar-refractivity contribution is 14.1. The molecule has 0 unspecified atom stereocenters. The number of rotatable bonds is 2. The van der Waals surface area contributed by atoms with E-state index in [1.807, 2.05) is 29.5 Å². The molecular weight excluding hydrogens is 342 g/mol. The molecule has 0 aliphatic rings. The van der Waals surface area contributed by atoms with Gasteiger partial charge >= 0.3 is 0 Å². The Labute approximate surface area is 112 Å². The number of halogens is 2. The van der Waals surface area contributed by atoms with Crippen LogP contribution in [0.15, 0.2) is 18.5 Å². The van der Waals surface area contributed by atoms with Crippen LogP contribution in [0, 0.1) is 3.83 Å². The molecule has 2 aromatic heterocycles. The smallest absolute Gasteiger partial charge is 0.252 e. The van der Waals surface area contributed by atoms with Crippen LogP contribution in [0.2, 0.25) is 0 Å². The van der Waals surface area contributed by atoms with Crippen molar-refractivity contribution in [3.8, 4) is 5.95 Å². The first-order valence-electron chi connectivity index (χ1n) is 4.34. The van der Waals surface area contributed by atoms with Crippen molar-refractivity contribution >= 4 is 35.0 Å². The summed E-state index contributed by atoms with van der Waals surface area (Å²) in [6.45, 7) is 1.85. The van der Waals surface area contributed by atoms with Crippen molar-refractivity contribution in [1.29, 1.82) is 0 Å². The lowest BCUT2D eigenvalue weighted by atomic mass is 10.3. The fourth-order valence-electron chi connectivity index (χ4n) is 1.14. The van der Waals surface area contributed by atoms with Crippen LogP contribution in [0.25, 0.3) is 5.95 Å². The summed E-state index contributed by atoms with van der Waals surface area (Å²) in [7, 11) is 0. The zero-order valence-corrected chi connectivity index (χ0v) is 11.4. The van der Waals surface area contributed by atoms with Gasteiger partial charge in [0.2, 0.25) is 3.83 Å². The van der Waals surface area contributed by atoms with Gasteiger partial charge in [-0.15, -0.1) is 17.5 Å². The molecule has 0 fully saturated rings. The van der Waals surface area contributed by atoms with Gasteiger partial charge in [-0.2, -0.15) is 4.68 Å². The summed E-state index contributed by atoms with van der Waals surface area (Å²) < 4.78 is 2.19. The maximum Gasteiger partial charge on any atom is 0.252 e. The van der Waals surface area contributed by atoms with Crippen molar-refractivity contribution in [1.82, 2.24) is 24.7 Å². The van der Waals surface area contributed by atoms with Crippen LogP contribution < -0.4 is 5.73 Å². The van der Waals surface area contributed by atoms with E-state index in [2.05, 4.69) is 20.1 Å². The number of hydrogen-bond donors (Lipinski definition) is 1. The van der Waals surface area contributed by atoms with E-state index in [4.69, 9.17) is 5.73 Å². The average molecular weight is 353 g/mol. The fraction of sp³-hybridized carbons (Fsp3) is 0.250. The molecule has 0 saturated heterocycles. The number of aromatic nitrogens is 5. The molecule has 6 nitrogen and oxygen atoms in total. The summed E-state index contributed by atoms with van der Waals surface area (Å²) in [4.78, 5) is 12.4. The number of nitrogens with zero attached hydrogens (tertiary/aromatic N) is 5. The minimum atomic E-state index is -0.204. The van der Waals surface area contributed by atoms with E-state index in [9.17, 15) is 0 Å². The van der Waals surface area contributed by atoms with Gasteiger partial charge in [0.15, 0.2) is 5.82 Å². The fourth-order valence-corrected chi connectivity index (χ4v) is 1.60. The van der Waals surface area contributed by atoms with E-state index in [0.717, 1.165) is 0 Å². The highest BCUT2D eigenvalue weighted by atomic mass is 127. The first-order valence-corrected chi connectivity index (χ1v) is 5.42. The first-order chi connectivity index (χ1) is 7.18. The molecule has 2 N–H and O–H groups in total. The van der Waals surface area contributed by atoms with Gasteiger partial charge in [0.25, 0.3) is 5.95 Å². The Kier molecular flexibility index (Phi) is 4.56. The normalized spacial score (nSPS) is 11.9. The SMILES string of the molecule is C[C@@H](N)c1nc(I)nn1-c1ncccn1.Cl. The Morgan fingerprint density at radius 2 is 2.00 bits per heavy atom. The van der Waals surface area contributed by atoms with E-state index in [1.54, 1.807) is 23.1 Å². The van der Waals surface area contributed by atoms with Crippen molar-refractivity contribution in [2.75, 3.05) is 0 Å². The molecule has 0 spiro atoms. The van der Waals surface area contributed by atoms with Crippen LogP contribution in [0.3, 0.4) is 0 Å². The molecule has 86 valence electrons. The van der Waals surface area contributed by atoms with Crippen LogP contribution in [0.4, 0.5) is 0 Å². The van der Waals surface area contributed by atoms with Crippen LogP contribution in [0.1, 0.15) is 18.8 Å². The van der Waals surface area contributed by atoms with Gasteiger partial charge in [0.05, 0.1) is 6.04 Å². The van der Waals surface area contributed by atoms with Crippen LogP contribution >= 0.6 is 35.0 Å². The van der Waals surface area contributed by atoms with Gasteiger partial charge in [0, 0.05) is 35.0 Å². The van der Waals surface area contributed by atoms with E-state index in [-0.39, 0.29) is 18.4 Å². The number of hydrogen-bond acceptors (Lipinski definition) is 5. The average Bonchev–Trinajstić information content (AvgIpc) is 2.62. The second-order valence-electron chi connectivity index (χ2n) is 2.99. The molecule has 0 radical (unpaired) electrons. The highest BCUT2D eigenvalue weighted by Crippen LogP contribution is 2.11. The second-order valence-corrected chi connectivity index (χ2v) is 3.95. The quantitative estimate of drug-likeness (QED) is 0.819. The molecule has 8 heteroatoms. The third-order valence-electron chi connectivity index (χ3n) is 1.76. The topological polar surface area (TPSA) is 82.5 Å². The summed E-state index contributed by atoms with van der Waals surface area (Å²) in [6.07, 6.45) is 3.31. The zero-order chi connectivity index (χ0) is 10.8. The summed E-state index contributed by atoms with van der Waals surface area (Å²) in [6, 6.07) is 1.54. The second kappa shape index (κ2) is 5.51. The summed E-state index contributed by atoms with van der Waals surface area (Å²) in [5, 5.41) is 4.19. The van der Waals surface area contributed by atoms with Crippen LogP contribution in [-0.2, 0) is 0 Å². The van der Waals surface area contributed by atoms with Gasteiger partial charge in [-0.25, -0.2) is 15.0 Å². The predicted molar refractivity (Wildman–Crippen MR) is 69.5 cm³/mol. The van der Waals surface area contributed by atoms with Gasteiger partial charge < -0.3 is 5.73 Å². The molecule has 0 bridgehead atoms. The number of nitrogens with two attached hydrogens (primary N) is 1. The molecule has 0 aliphatic carbocycles.